The predicted molar refractivity (Wildman–Crippen MR) is 107 cm³/mol. The second-order valence-corrected chi connectivity index (χ2v) is 8.78. The van der Waals surface area contributed by atoms with Gasteiger partial charge >= 0.3 is 0 Å². The summed E-state index contributed by atoms with van der Waals surface area (Å²) in [6.07, 6.45) is 3.84. The van der Waals surface area contributed by atoms with E-state index in [1.165, 1.54) is 23.1 Å². The Bertz CT molecular complexity index is 991. The highest BCUT2D eigenvalue weighted by atomic mass is 32.2. The molecule has 2 amide bonds. The molecule has 0 bridgehead atoms. The lowest BCUT2D eigenvalue weighted by atomic mass is 10.3. The summed E-state index contributed by atoms with van der Waals surface area (Å²) in [6.45, 7) is 2.32. The molecule has 10 heteroatoms. The summed E-state index contributed by atoms with van der Waals surface area (Å²) >= 11 is 2.59. The molecular formula is C18H19N5O3S2. The summed E-state index contributed by atoms with van der Waals surface area (Å²) in [7, 11) is 0. The van der Waals surface area contributed by atoms with Crippen molar-refractivity contribution in [3.63, 3.8) is 0 Å². The van der Waals surface area contributed by atoms with Crippen LogP contribution in [0.1, 0.15) is 47.6 Å². The van der Waals surface area contributed by atoms with Gasteiger partial charge < -0.3 is 15.5 Å². The number of nitrogens with two attached hydrogens (primary N) is 1. The zero-order valence-corrected chi connectivity index (χ0v) is 16.8. The van der Waals surface area contributed by atoms with Gasteiger partial charge in [-0.2, -0.15) is 0 Å². The first kappa shape index (κ1) is 18.8. The summed E-state index contributed by atoms with van der Waals surface area (Å²) in [5.41, 5.74) is 5.65. The van der Waals surface area contributed by atoms with Crippen LogP contribution in [0, 0.1) is 0 Å². The second-order valence-electron chi connectivity index (χ2n) is 6.56. The van der Waals surface area contributed by atoms with E-state index in [-0.39, 0.29) is 5.91 Å². The number of aromatic nitrogens is 3. The molecule has 0 saturated heterocycles. The Morgan fingerprint density at radius 3 is 2.93 bits per heavy atom. The van der Waals surface area contributed by atoms with Crippen molar-refractivity contribution in [3.05, 3.63) is 47.0 Å². The van der Waals surface area contributed by atoms with E-state index in [2.05, 4.69) is 15.5 Å². The number of carbonyl (C=O) groups excluding carboxylic acids is 2. The lowest BCUT2D eigenvalue weighted by Gasteiger charge is -2.13. The maximum Gasteiger partial charge on any atom is 0.251 e. The van der Waals surface area contributed by atoms with Gasteiger partial charge in [0.1, 0.15) is 16.6 Å². The summed E-state index contributed by atoms with van der Waals surface area (Å²) in [5, 5.41) is 13.8. The van der Waals surface area contributed by atoms with E-state index >= 15 is 0 Å². The first-order chi connectivity index (χ1) is 13.5. The molecule has 3 N–H and O–H groups in total. The topological polar surface area (TPSA) is 116 Å². The van der Waals surface area contributed by atoms with E-state index in [9.17, 15) is 9.59 Å². The zero-order valence-electron chi connectivity index (χ0n) is 15.1. The number of amides is 2. The normalized spacial score (nSPS) is 14.8. The van der Waals surface area contributed by atoms with Crippen molar-refractivity contribution in [1.29, 1.82) is 0 Å². The fourth-order valence-corrected chi connectivity index (χ4v) is 4.41. The molecule has 3 aromatic heterocycles. The maximum absolute atomic E-state index is 12.6. The molecule has 8 nitrogen and oxygen atoms in total. The summed E-state index contributed by atoms with van der Waals surface area (Å²) < 4.78 is 7.49. The van der Waals surface area contributed by atoms with Gasteiger partial charge in [0.05, 0.1) is 23.6 Å². The van der Waals surface area contributed by atoms with E-state index in [1.807, 2.05) is 16.7 Å². The molecule has 0 radical (unpaired) electrons. The average Bonchev–Trinajstić information content (AvgIpc) is 3.06. The molecule has 1 saturated carbocycles. The first-order valence-corrected chi connectivity index (χ1v) is 10.6. The number of nitrogens with zero attached hydrogens (tertiary/aromatic N) is 3. The van der Waals surface area contributed by atoms with Gasteiger partial charge in [-0.25, -0.2) is 0 Å². The molecule has 3 aromatic rings. The van der Waals surface area contributed by atoms with Crippen molar-refractivity contribution in [2.24, 2.45) is 5.73 Å². The lowest BCUT2D eigenvalue weighted by Crippen LogP contribution is -2.24. The van der Waals surface area contributed by atoms with Crippen LogP contribution in [-0.2, 0) is 11.3 Å². The Labute approximate surface area is 169 Å². The molecule has 28 heavy (non-hydrogen) atoms. The molecule has 0 aromatic carbocycles. The highest BCUT2D eigenvalue weighted by molar-refractivity contribution is 8.00. The number of thiophene rings is 1. The highest BCUT2D eigenvalue weighted by Gasteiger charge is 2.31. The van der Waals surface area contributed by atoms with Gasteiger partial charge in [-0.1, -0.05) is 11.8 Å². The van der Waals surface area contributed by atoms with Crippen LogP contribution >= 0.6 is 23.1 Å². The molecule has 1 fully saturated rings. The summed E-state index contributed by atoms with van der Waals surface area (Å²) in [6, 6.07) is 5.35. The van der Waals surface area contributed by atoms with Crippen LogP contribution in [0.2, 0.25) is 0 Å². The van der Waals surface area contributed by atoms with E-state index in [0.29, 0.717) is 28.2 Å². The number of hydrogen-bond donors (Lipinski definition) is 2. The third-order valence-corrected chi connectivity index (χ3v) is 6.31. The smallest absolute Gasteiger partial charge is 0.251 e. The molecule has 3 heterocycles. The standard InChI is InChI=1S/C18H19N5O3S2/c1-10(16(25)20-17-13(14(19)24)6-8-27-17)28-18-22-21-15(11-4-5-11)23(18)9-12-3-2-7-26-12/h2-3,6-8,10-11H,4-5,9H2,1H3,(H2,19,24)(H,20,25)/t10-/m0/s1. The number of thioether (sulfide) groups is 1. The minimum absolute atomic E-state index is 0.226. The zero-order chi connectivity index (χ0) is 19.7. The largest absolute Gasteiger partial charge is 0.467 e. The monoisotopic (exact) mass is 417 g/mol. The van der Waals surface area contributed by atoms with Gasteiger partial charge in [-0.3, -0.25) is 14.2 Å². The Balaban J connectivity index is 1.49. The maximum atomic E-state index is 12.6. The fourth-order valence-electron chi connectivity index (χ4n) is 2.76. The van der Waals surface area contributed by atoms with Crippen molar-refractivity contribution in [2.45, 2.75) is 42.6 Å². The van der Waals surface area contributed by atoms with Crippen LogP contribution in [0.5, 0.6) is 0 Å². The van der Waals surface area contributed by atoms with Crippen molar-refractivity contribution >= 4 is 39.9 Å². The van der Waals surface area contributed by atoms with Crippen molar-refractivity contribution in [1.82, 2.24) is 14.8 Å². The van der Waals surface area contributed by atoms with E-state index in [4.69, 9.17) is 10.2 Å². The average molecular weight is 418 g/mol. The van der Waals surface area contributed by atoms with Crippen molar-refractivity contribution in [2.75, 3.05) is 5.32 Å². The van der Waals surface area contributed by atoms with E-state index in [0.717, 1.165) is 24.4 Å². The predicted octanol–water partition coefficient (Wildman–Crippen LogP) is 3.08. The Morgan fingerprint density at radius 2 is 2.25 bits per heavy atom. The highest BCUT2D eigenvalue weighted by Crippen LogP contribution is 2.40. The molecule has 1 aliphatic carbocycles. The quantitative estimate of drug-likeness (QED) is 0.544. The van der Waals surface area contributed by atoms with Crippen LogP contribution in [0.15, 0.2) is 39.4 Å². The molecule has 146 valence electrons. The fraction of sp³-hybridized carbons (Fsp3) is 0.333. The lowest BCUT2D eigenvalue weighted by molar-refractivity contribution is -0.115. The van der Waals surface area contributed by atoms with Gasteiger partial charge in [0.2, 0.25) is 5.91 Å². The molecule has 1 aliphatic rings. The summed E-state index contributed by atoms with van der Waals surface area (Å²) in [4.78, 5) is 24.1. The number of primary amides is 1. The van der Waals surface area contributed by atoms with Crippen molar-refractivity contribution < 1.29 is 14.0 Å². The van der Waals surface area contributed by atoms with Crippen LogP contribution in [0.25, 0.3) is 0 Å². The Morgan fingerprint density at radius 1 is 1.43 bits per heavy atom. The first-order valence-electron chi connectivity index (χ1n) is 8.83. The number of hydrogen-bond acceptors (Lipinski definition) is 7. The SMILES string of the molecule is C[C@H](Sc1nnc(C2CC2)n1Cc1ccco1)C(=O)Nc1sccc1C(N)=O. The van der Waals surface area contributed by atoms with Gasteiger partial charge in [-0.15, -0.1) is 21.5 Å². The van der Waals surface area contributed by atoms with Crippen LogP contribution in [0.4, 0.5) is 5.00 Å². The Kier molecular flexibility index (Phi) is 5.23. The Hall–Kier alpha value is -2.59. The molecule has 1 atom stereocenters. The van der Waals surface area contributed by atoms with Gasteiger partial charge in [0.15, 0.2) is 5.16 Å². The summed E-state index contributed by atoms with van der Waals surface area (Å²) in [5.74, 6) is 1.37. The van der Waals surface area contributed by atoms with Crippen molar-refractivity contribution in [3.8, 4) is 0 Å². The van der Waals surface area contributed by atoms with Crippen LogP contribution < -0.4 is 11.1 Å². The number of nitrogens with one attached hydrogen (secondary N) is 1. The molecule has 4 rings (SSSR count). The molecule has 0 unspecified atom stereocenters. The third kappa shape index (κ3) is 3.97. The van der Waals surface area contributed by atoms with Gasteiger partial charge in [0.25, 0.3) is 5.91 Å². The second kappa shape index (κ2) is 7.80. The molecular weight excluding hydrogens is 398 g/mol. The number of furan rings is 1. The molecule has 0 aliphatic heterocycles. The minimum Gasteiger partial charge on any atom is -0.467 e. The minimum atomic E-state index is -0.566. The number of rotatable bonds is 8. The van der Waals surface area contributed by atoms with Crippen LogP contribution in [0.3, 0.4) is 0 Å². The third-order valence-electron chi connectivity index (χ3n) is 4.40. The van der Waals surface area contributed by atoms with E-state index in [1.54, 1.807) is 24.6 Å². The number of carbonyl (C=O) groups is 2. The van der Waals surface area contributed by atoms with Crippen LogP contribution in [-0.4, -0.2) is 31.8 Å². The number of anilines is 1. The van der Waals surface area contributed by atoms with E-state index < -0.39 is 11.2 Å². The molecule has 0 spiro atoms. The van der Waals surface area contributed by atoms with Gasteiger partial charge in [-0.05, 0) is 43.3 Å². The van der Waals surface area contributed by atoms with Gasteiger partial charge in [0, 0.05) is 5.92 Å².